The van der Waals surface area contributed by atoms with Crippen molar-refractivity contribution in [3.8, 4) is 0 Å². The second kappa shape index (κ2) is 12.0. The van der Waals surface area contributed by atoms with Gasteiger partial charge in [0.25, 0.3) is 0 Å². The van der Waals surface area contributed by atoms with E-state index in [-0.39, 0.29) is 0 Å². The Bertz CT molecular complexity index is 2460. The molecule has 0 N–H and O–H groups in total. The van der Waals surface area contributed by atoms with Crippen LogP contribution in [0, 0.1) is 13.8 Å². The monoisotopic (exact) mass is 646 g/mol. The predicted octanol–water partition coefficient (Wildman–Crippen LogP) is 13.9. The maximum atomic E-state index is 2.43. The summed E-state index contributed by atoms with van der Waals surface area (Å²) in [5.41, 5.74) is 9.39. The molecule has 1 heterocycles. The maximum Gasteiger partial charge on any atom is 0.0547 e. The molecule has 0 unspecified atom stereocenters. The molecule has 2 nitrogen and oxygen atoms in total. The fraction of sp³-hybridized carbons (Fsp3) is 0.0435. The Morgan fingerprint density at radius 3 is 1.10 bits per heavy atom. The predicted molar refractivity (Wildman–Crippen MR) is 213 cm³/mol. The molecular weight excluding hydrogens is 613 g/mol. The van der Waals surface area contributed by atoms with Crippen molar-refractivity contribution in [1.29, 1.82) is 0 Å². The summed E-state index contributed by atoms with van der Waals surface area (Å²) in [7, 11) is 0. The minimum absolute atomic E-state index is 1.14. The van der Waals surface area contributed by atoms with Crippen molar-refractivity contribution >= 4 is 87.2 Å². The molecule has 3 heteroatoms. The standard InChI is InChI=1S/C46H34N2S/c1-31-15-13-21-35(27-31)47(33-17-5-3-6-18-33)43-29-41-42-30-44(48(34-19-7-4-8-20-34)36-22-14-16-32(2)28-36)38-24-10-12-26-40(38)46(42)49-45(41)39-25-11-9-23-37(39)43/h3-30H,1-2H3. The van der Waals surface area contributed by atoms with Crippen molar-refractivity contribution in [3.63, 3.8) is 0 Å². The van der Waals surface area contributed by atoms with E-state index in [0.717, 1.165) is 22.7 Å². The van der Waals surface area contributed by atoms with Crippen molar-refractivity contribution < 1.29 is 0 Å². The Labute approximate surface area is 290 Å². The number of rotatable bonds is 6. The Balaban J connectivity index is 1.40. The summed E-state index contributed by atoms with van der Waals surface area (Å²) in [6.07, 6.45) is 0. The van der Waals surface area contributed by atoms with Crippen LogP contribution in [0.15, 0.2) is 170 Å². The van der Waals surface area contributed by atoms with Gasteiger partial charge in [-0.3, -0.25) is 0 Å². The minimum atomic E-state index is 1.14. The van der Waals surface area contributed by atoms with Crippen molar-refractivity contribution in [2.75, 3.05) is 9.80 Å². The zero-order chi connectivity index (χ0) is 32.9. The summed E-state index contributed by atoms with van der Waals surface area (Å²) in [4.78, 5) is 4.84. The van der Waals surface area contributed by atoms with Crippen molar-refractivity contribution in [2.45, 2.75) is 13.8 Å². The topological polar surface area (TPSA) is 6.48 Å². The molecule has 0 atom stereocenters. The third-order valence-electron chi connectivity index (χ3n) is 9.47. The lowest BCUT2D eigenvalue weighted by molar-refractivity contribution is 1.28. The fourth-order valence-corrected chi connectivity index (χ4v) is 8.63. The Hall–Kier alpha value is -5.90. The summed E-state index contributed by atoms with van der Waals surface area (Å²) < 4.78 is 2.63. The third kappa shape index (κ3) is 5.02. The smallest absolute Gasteiger partial charge is 0.0547 e. The normalized spacial score (nSPS) is 11.5. The summed E-state index contributed by atoms with van der Waals surface area (Å²) in [5, 5.41) is 7.56. The van der Waals surface area contributed by atoms with Gasteiger partial charge >= 0.3 is 0 Å². The van der Waals surface area contributed by atoms with E-state index >= 15 is 0 Å². The number of nitrogens with zero attached hydrogens (tertiary/aromatic N) is 2. The van der Waals surface area contributed by atoms with E-state index in [9.17, 15) is 0 Å². The number of anilines is 6. The second-order valence-electron chi connectivity index (χ2n) is 12.8. The van der Waals surface area contributed by atoms with Gasteiger partial charge in [0.1, 0.15) is 0 Å². The molecule has 0 aliphatic heterocycles. The zero-order valence-corrected chi connectivity index (χ0v) is 28.3. The highest BCUT2D eigenvalue weighted by molar-refractivity contribution is 7.27. The molecule has 0 spiro atoms. The average molecular weight is 647 g/mol. The highest BCUT2D eigenvalue weighted by atomic mass is 32.1. The fourth-order valence-electron chi connectivity index (χ4n) is 7.29. The van der Waals surface area contributed by atoms with E-state index in [1.807, 2.05) is 11.3 Å². The number of para-hydroxylation sites is 2. The van der Waals surface area contributed by atoms with Crippen LogP contribution in [0.4, 0.5) is 34.1 Å². The van der Waals surface area contributed by atoms with E-state index < -0.39 is 0 Å². The first-order chi connectivity index (χ1) is 24.1. The highest BCUT2D eigenvalue weighted by Crippen LogP contribution is 2.50. The van der Waals surface area contributed by atoms with Crippen LogP contribution in [0.5, 0.6) is 0 Å². The number of aryl methyl sites for hydroxylation is 2. The Morgan fingerprint density at radius 2 is 0.694 bits per heavy atom. The SMILES string of the molecule is Cc1cccc(N(c2ccccc2)c2cc3c4cc(N(c5ccccc5)c5cccc(C)c5)c5ccccc5c4sc3c3ccccc23)c1. The zero-order valence-electron chi connectivity index (χ0n) is 27.5. The lowest BCUT2D eigenvalue weighted by Crippen LogP contribution is -2.11. The van der Waals surface area contributed by atoms with Crippen LogP contribution >= 0.6 is 11.3 Å². The van der Waals surface area contributed by atoms with Crippen LogP contribution in [-0.2, 0) is 0 Å². The van der Waals surface area contributed by atoms with E-state index in [0.29, 0.717) is 0 Å². The quantitative estimate of drug-likeness (QED) is 0.177. The summed E-state index contributed by atoms with van der Waals surface area (Å²) in [6.45, 7) is 4.33. The van der Waals surface area contributed by atoms with Crippen LogP contribution < -0.4 is 9.80 Å². The Kier molecular flexibility index (Phi) is 7.14. The van der Waals surface area contributed by atoms with E-state index in [1.54, 1.807) is 0 Å². The summed E-state index contributed by atoms with van der Waals surface area (Å²) in [6, 6.07) is 61.8. The van der Waals surface area contributed by atoms with Gasteiger partial charge < -0.3 is 9.80 Å². The largest absolute Gasteiger partial charge is 0.310 e. The molecule has 9 aromatic rings. The minimum Gasteiger partial charge on any atom is -0.310 e. The van der Waals surface area contributed by atoms with Gasteiger partial charge in [-0.25, -0.2) is 0 Å². The molecule has 0 fully saturated rings. The molecule has 0 saturated carbocycles. The molecule has 234 valence electrons. The van der Waals surface area contributed by atoms with Crippen LogP contribution in [0.2, 0.25) is 0 Å². The first kappa shape index (κ1) is 29.3. The van der Waals surface area contributed by atoms with Gasteiger partial charge in [0.2, 0.25) is 0 Å². The first-order valence-corrected chi connectivity index (χ1v) is 17.6. The summed E-state index contributed by atoms with van der Waals surface area (Å²) in [5.74, 6) is 0. The first-order valence-electron chi connectivity index (χ1n) is 16.8. The molecule has 0 radical (unpaired) electrons. The van der Waals surface area contributed by atoms with Gasteiger partial charge in [0.05, 0.1) is 11.4 Å². The second-order valence-corrected chi connectivity index (χ2v) is 13.8. The van der Waals surface area contributed by atoms with E-state index in [1.165, 1.54) is 64.2 Å². The van der Waals surface area contributed by atoms with Crippen LogP contribution in [0.3, 0.4) is 0 Å². The van der Waals surface area contributed by atoms with Gasteiger partial charge in [-0.2, -0.15) is 0 Å². The van der Waals surface area contributed by atoms with E-state index in [2.05, 4.69) is 194 Å². The van der Waals surface area contributed by atoms with Crippen molar-refractivity contribution in [3.05, 3.63) is 181 Å². The molecule has 49 heavy (non-hydrogen) atoms. The molecule has 1 aromatic heterocycles. The molecule has 0 saturated heterocycles. The molecule has 0 aliphatic carbocycles. The van der Waals surface area contributed by atoms with Gasteiger partial charge in [-0.15, -0.1) is 11.3 Å². The molecule has 0 aliphatic rings. The summed E-state index contributed by atoms with van der Waals surface area (Å²) >= 11 is 1.91. The van der Waals surface area contributed by atoms with Crippen LogP contribution in [0.1, 0.15) is 11.1 Å². The molecule has 0 amide bonds. The number of benzene rings is 8. The van der Waals surface area contributed by atoms with Gasteiger partial charge in [-0.05, 0) is 85.6 Å². The number of fused-ring (bicyclic) bond motifs is 7. The lowest BCUT2D eigenvalue weighted by atomic mass is 9.99. The third-order valence-corrected chi connectivity index (χ3v) is 10.8. The Morgan fingerprint density at radius 1 is 0.327 bits per heavy atom. The van der Waals surface area contributed by atoms with Crippen LogP contribution in [0.25, 0.3) is 41.7 Å². The van der Waals surface area contributed by atoms with Crippen molar-refractivity contribution in [1.82, 2.24) is 0 Å². The molecular formula is C46H34N2S. The van der Waals surface area contributed by atoms with Gasteiger partial charge in [0.15, 0.2) is 0 Å². The highest BCUT2D eigenvalue weighted by Gasteiger charge is 2.23. The average Bonchev–Trinajstić information content (AvgIpc) is 3.52. The van der Waals surface area contributed by atoms with Crippen molar-refractivity contribution in [2.24, 2.45) is 0 Å². The number of hydrogen-bond acceptors (Lipinski definition) is 3. The molecule has 8 aromatic carbocycles. The number of hydrogen-bond donors (Lipinski definition) is 0. The molecule has 9 rings (SSSR count). The van der Waals surface area contributed by atoms with Crippen LogP contribution in [-0.4, -0.2) is 0 Å². The van der Waals surface area contributed by atoms with Gasteiger partial charge in [-0.1, -0.05) is 109 Å². The molecule has 0 bridgehead atoms. The lowest BCUT2D eigenvalue weighted by Gasteiger charge is -2.28. The maximum absolute atomic E-state index is 2.43. The van der Waals surface area contributed by atoms with E-state index in [4.69, 9.17) is 0 Å². The number of thiophene rings is 1. The van der Waals surface area contributed by atoms with Gasteiger partial charge in [0, 0.05) is 64.5 Å².